The number of carbonyl (C=O) groups is 20. The lowest BCUT2D eigenvalue weighted by Crippen LogP contribution is -2.52. The van der Waals surface area contributed by atoms with Crippen molar-refractivity contribution in [3.63, 3.8) is 0 Å². The van der Waals surface area contributed by atoms with Gasteiger partial charge in [0.2, 0.25) is 41.4 Å². The molecule has 0 unspecified atom stereocenters. The molecule has 39 heteroatoms. The van der Waals surface area contributed by atoms with Gasteiger partial charge in [-0.2, -0.15) is 0 Å². The normalized spacial score (nSPS) is 15.3. The molecule has 0 bridgehead atoms. The third-order valence-electron chi connectivity index (χ3n) is 23.7. The van der Waals surface area contributed by atoms with Crippen LogP contribution >= 0.6 is 11.8 Å². The molecule has 4 aromatic rings. The summed E-state index contributed by atoms with van der Waals surface area (Å²) in [6.45, 7) is 8.22. The Kier molecular flexibility index (Phi) is 49.0. The van der Waals surface area contributed by atoms with Crippen molar-refractivity contribution in [2.24, 2.45) is 59.0 Å². The average molecular weight is 1920 g/mol. The lowest BCUT2D eigenvalue weighted by molar-refractivity contribution is -0.143. The summed E-state index contributed by atoms with van der Waals surface area (Å²) in [5, 5.41) is 111. The zero-order valence-corrected chi connectivity index (χ0v) is 78.6. The Morgan fingerprint density at radius 2 is 0.860 bits per heavy atom. The summed E-state index contributed by atoms with van der Waals surface area (Å²) < 4.78 is 0. The minimum Gasteiger partial charge on any atom is -0.508 e. The number of benzene rings is 4. The summed E-state index contributed by atoms with van der Waals surface area (Å²) in [6.07, 6.45) is -9.50. The molecule has 9 amide bonds. The zero-order valence-electron chi connectivity index (χ0n) is 77.8. The van der Waals surface area contributed by atoms with Gasteiger partial charge in [-0.15, -0.1) is 11.8 Å². The van der Waals surface area contributed by atoms with E-state index in [1.54, 1.807) is 89.2 Å². The molecule has 0 aliphatic carbocycles. The summed E-state index contributed by atoms with van der Waals surface area (Å²) in [7, 11) is 0. The fraction of sp³-hybridized carbons (Fsp3) is 0.546. The van der Waals surface area contributed by atoms with Gasteiger partial charge >= 0.3 is 17.9 Å². The number of thioether (sulfide) groups is 1. The van der Waals surface area contributed by atoms with Crippen LogP contribution in [0.15, 0.2) is 103 Å². The van der Waals surface area contributed by atoms with Crippen LogP contribution in [0.5, 0.6) is 11.5 Å². The summed E-state index contributed by atoms with van der Waals surface area (Å²) in [4.78, 5) is 275. The van der Waals surface area contributed by atoms with E-state index in [0.29, 0.717) is 60.9 Å². The van der Waals surface area contributed by atoms with E-state index in [0.717, 1.165) is 30.5 Å². The summed E-state index contributed by atoms with van der Waals surface area (Å²) in [6, 6.07) is 16.8. The van der Waals surface area contributed by atoms with Gasteiger partial charge in [-0.05, 0) is 150 Å². The summed E-state index contributed by atoms with van der Waals surface area (Å²) in [5.41, 5.74) is 7.36. The number of nitrogens with two attached hydrogens (primary N) is 1. The van der Waals surface area contributed by atoms with E-state index in [1.807, 2.05) is 0 Å². The van der Waals surface area contributed by atoms with Crippen molar-refractivity contribution in [3.05, 3.63) is 131 Å². The number of Topliss-reactive ketones (excluding diaryl/α,β-unsaturated/α-hetero) is 8. The maximum atomic E-state index is 14.9. The molecule has 5 rings (SSSR count). The van der Waals surface area contributed by atoms with Crippen LogP contribution in [-0.4, -0.2) is 261 Å². The van der Waals surface area contributed by atoms with E-state index < -0.39 is 298 Å². The second kappa shape index (κ2) is 58.3. The fourth-order valence-corrected chi connectivity index (χ4v) is 16.4. The summed E-state index contributed by atoms with van der Waals surface area (Å²) >= 11 is 0.960. The Hall–Kier alpha value is -12.2. The molecule has 1 aliphatic heterocycles. The van der Waals surface area contributed by atoms with Crippen LogP contribution in [0.3, 0.4) is 0 Å². The van der Waals surface area contributed by atoms with E-state index in [9.17, 15) is 142 Å². The van der Waals surface area contributed by atoms with Crippen LogP contribution < -0.4 is 43.0 Å². The highest BCUT2D eigenvalue weighted by molar-refractivity contribution is 8.00. The van der Waals surface area contributed by atoms with E-state index in [4.69, 9.17) is 5.73 Å². The van der Waals surface area contributed by atoms with Crippen molar-refractivity contribution in [1.29, 1.82) is 0 Å². The van der Waals surface area contributed by atoms with Gasteiger partial charge in [0.25, 0.3) is 11.8 Å². The van der Waals surface area contributed by atoms with Crippen LogP contribution in [0.4, 0.5) is 0 Å². The van der Waals surface area contributed by atoms with Crippen LogP contribution in [-0.2, 0) is 106 Å². The first-order valence-electron chi connectivity index (χ1n) is 45.7. The van der Waals surface area contributed by atoms with Crippen molar-refractivity contribution in [2.75, 3.05) is 44.4 Å². The maximum Gasteiger partial charge on any atom is 0.304 e. The number of unbranched alkanes of at least 4 members (excludes halogenated alkanes) is 2. The number of aliphatic hydroxyl groups excluding tert-OH is 4. The second-order valence-electron chi connectivity index (χ2n) is 35.4. The molecule has 16 atom stereocenters. The van der Waals surface area contributed by atoms with Gasteiger partial charge < -0.3 is 88.9 Å². The maximum absolute atomic E-state index is 14.9. The Labute approximate surface area is 793 Å². The van der Waals surface area contributed by atoms with Crippen molar-refractivity contribution in [1.82, 2.24) is 42.1 Å². The second-order valence-corrected chi connectivity index (χ2v) is 36.4. The molecular formula is C97H131N9O29S. The number of carboxylic acid groups (broad SMARTS) is 3. The van der Waals surface area contributed by atoms with E-state index in [-0.39, 0.29) is 85.3 Å². The smallest absolute Gasteiger partial charge is 0.304 e. The first kappa shape index (κ1) is 114. The number of rotatable bonds is 68. The van der Waals surface area contributed by atoms with Gasteiger partial charge in [-0.3, -0.25) is 101 Å². The number of carbonyl (C=O) groups excluding carboxylic acids is 17. The number of imide groups is 1. The van der Waals surface area contributed by atoms with Crippen molar-refractivity contribution >= 4 is 129 Å². The molecule has 136 heavy (non-hydrogen) atoms. The Balaban J connectivity index is 1.27. The number of nitrogens with zero attached hydrogens (tertiary/aromatic N) is 1. The average Bonchev–Trinajstić information content (AvgIpc) is 1.64. The standard InChI is InChI=1S/C97H131N9O29S/c1-8-55(4)88(84(120)43-63(37-60-24-29-67(111)30-25-60)91(129)101-76(36-54(2)3)80(116)41-64(45-86(123)124)90(128)100-56(5)18-14-16-34-98)105-93(131)66(50-107)44-81(117)77(39-61-26-31-68(112)32-27-61)102-92(130)65(46-87(125)126)42-82(118)79(51-108)104-95(133)75(58(7)110)48-83(119)78(38-59-19-10-9-11-20-59)103-94(132)74(57(6)109)47-70(114)49-99-89(127)62(28-33-85(121)122)40-71(115)53-136-52-69(113)21-15-17-35-106-96(134)72-22-12-13-23-73(72)97(106)135/h9-13,19-20,22-27,29-32,54-58,62-66,74-79,88,107-112H,8,14-18,21,28,33-53,98H2,1-7H3,(H,99,127)(H,100,128)(H,101,129)(H,102,130)(H,103,132)(H,104,133)(H,105,131)(H,121,122)(H,123,124)(H,125,126)/t55-,56+,57+,58+,62+,63+,64-,65-,66-,74-,75-,76-,77-,78-,79-,88-/m0/s1. The number of hydrogen-bond acceptors (Lipinski definition) is 28. The molecule has 0 radical (unpaired) electrons. The van der Waals surface area contributed by atoms with Gasteiger partial charge in [0.05, 0.1) is 121 Å². The number of nitrogens with one attached hydrogen (secondary N) is 7. The minimum atomic E-state index is -2.00. The number of amides is 9. The molecule has 0 aromatic heterocycles. The van der Waals surface area contributed by atoms with Gasteiger partial charge in [0.15, 0.2) is 34.7 Å². The molecule has 0 spiro atoms. The van der Waals surface area contributed by atoms with E-state index in [1.165, 1.54) is 48.5 Å². The Morgan fingerprint density at radius 1 is 0.404 bits per heavy atom. The van der Waals surface area contributed by atoms with Crippen LogP contribution in [0, 0.1) is 53.3 Å². The van der Waals surface area contributed by atoms with Crippen LogP contribution in [0.1, 0.15) is 208 Å². The largest absolute Gasteiger partial charge is 0.508 e. The van der Waals surface area contributed by atoms with Crippen LogP contribution in [0.25, 0.3) is 0 Å². The molecule has 0 saturated carbocycles. The number of aliphatic hydroxyl groups is 4. The number of aliphatic carboxylic acids is 3. The van der Waals surface area contributed by atoms with Crippen molar-refractivity contribution in [3.8, 4) is 11.5 Å². The van der Waals surface area contributed by atoms with Crippen molar-refractivity contribution < 1.29 is 142 Å². The molecule has 1 aliphatic rings. The lowest BCUT2D eigenvalue weighted by Gasteiger charge is -2.28. The molecule has 4 aromatic carbocycles. The van der Waals surface area contributed by atoms with Crippen molar-refractivity contribution in [2.45, 2.75) is 238 Å². The molecule has 0 saturated heterocycles. The number of phenols is 2. The molecule has 0 fully saturated rings. The topological polar surface area (TPSA) is 637 Å². The molecular weight excluding hydrogens is 1790 g/mol. The number of ketones is 8. The van der Waals surface area contributed by atoms with E-state index >= 15 is 0 Å². The Morgan fingerprint density at radius 3 is 1.38 bits per heavy atom. The summed E-state index contributed by atoms with van der Waals surface area (Å²) in [5.74, 6) is -31.0. The van der Waals surface area contributed by atoms with Crippen LogP contribution in [0.2, 0.25) is 0 Å². The molecule has 744 valence electrons. The highest BCUT2D eigenvalue weighted by Crippen LogP contribution is 2.28. The molecule has 18 N–H and O–H groups in total. The predicted molar refractivity (Wildman–Crippen MR) is 495 cm³/mol. The number of phenolic OH excluding ortho intramolecular Hbond substituents is 2. The zero-order chi connectivity index (χ0) is 101. The van der Waals surface area contributed by atoms with Gasteiger partial charge in [0.1, 0.15) is 29.1 Å². The monoisotopic (exact) mass is 1920 g/mol. The quantitative estimate of drug-likeness (QED) is 0.0221. The Bertz CT molecular complexity index is 4760. The fourth-order valence-electron chi connectivity index (χ4n) is 15.6. The third kappa shape index (κ3) is 39.3. The third-order valence-corrected chi connectivity index (χ3v) is 24.7. The van der Waals surface area contributed by atoms with Gasteiger partial charge in [-0.1, -0.05) is 107 Å². The van der Waals surface area contributed by atoms with E-state index in [2.05, 4.69) is 37.2 Å². The lowest BCUT2D eigenvalue weighted by atomic mass is 9.85. The van der Waals surface area contributed by atoms with Gasteiger partial charge in [0, 0.05) is 82.2 Å². The highest BCUT2D eigenvalue weighted by Gasteiger charge is 2.42. The highest BCUT2D eigenvalue weighted by atomic mass is 32.2. The molecule has 1 heterocycles. The SMILES string of the molecule is CC[C@H](C)[C@H](NC(=O)[C@H](CO)CC(=O)[C@H](Cc1ccc(O)cc1)NC(=O)[C@H](CC(=O)O)CC(=O)[C@H](CO)NC(=O)[C@@H](CC(=O)[C@H](Cc1ccccc1)NC(=O)[C@@H](CC(=O)CNC(=O)[C@H](CCC(=O)O)CC(=O)CSCC(=O)CCCCN1C(=O)c2ccccc2C1=O)[C@@H](C)O)[C@@H](C)O)C(=O)C[C@@H](Cc1ccc(O)cc1)C(=O)N[C@@H](CC(C)C)C(=O)C[C@@H](CC(=O)O)C(=O)N[C@H](C)CCCCN. The number of carboxylic acids is 3. The number of fused-ring (bicyclic) bond motifs is 1. The minimum absolute atomic E-state index is 0.0228. The number of hydrogen-bond donors (Lipinski definition) is 17. The molecule has 38 nitrogen and oxygen atoms in total. The first-order valence-corrected chi connectivity index (χ1v) is 46.9. The predicted octanol–water partition coefficient (Wildman–Crippen LogP) is 3.75. The number of aromatic hydroxyl groups is 2. The van der Waals surface area contributed by atoms with Gasteiger partial charge in [-0.25, -0.2) is 0 Å². The first-order chi connectivity index (χ1) is 64.4.